The lowest BCUT2D eigenvalue weighted by molar-refractivity contribution is 0.590. The molecule has 29 heavy (non-hydrogen) atoms. The van der Waals surface area contributed by atoms with Crippen LogP contribution in [-0.2, 0) is 22.8 Å². The first-order valence-corrected chi connectivity index (χ1v) is 11.4. The largest absolute Gasteiger partial charge is 0.350 e. The van der Waals surface area contributed by atoms with E-state index in [0.29, 0.717) is 0 Å². The molecular weight excluding hydrogens is 473 g/mol. The smallest absolute Gasteiger partial charge is 0.137 e. The molecule has 0 unspecified atom stereocenters. The molecule has 1 aromatic carbocycles. The second kappa shape index (κ2) is 8.26. The predicted molar refractivity (Wildman–Crippen MR) is 127 cm³/mol. The molecule has 0 aliphatic carbocycles. The van der Waals surface area contributed by atoms with Crippen molar-refractivity contribution in [2.75, 3.05) is 16.8 Å². The molecule has 1 N–H and O–H groups in total. The maximum absolute atomic E-state index is 4.63. The Hall–Kier alpha value is -2.22. The average Bonchev–Trinajstić information content (AvgIpc) is 2.73. The molecule has 1 aliphatic heterocycles. The molecule has 2 aromatic heterocycles. The molecule has 3 aromatic rings. The molecule has 4 rings (SSSR count). The molecule has 0 saturated heterocycles. The van der Waals surface area contributed by atoms with Gasteiger partial charge in [-0.05, 0) is 35.6 Å². The van der Waals surface area contributed by atoms with Gasteiger partial charge >= 0.3 is 0 Å². The summed E-state index contributed by atoms with van der Waals surface area (Å²) in [6.45, 7) is 8.36. The molecule has 1 aliphatic rings. The number of fused-ring (bicyclic) bond motifs is 1. The molecule has 0 saturated carbocycles. The molecule has 6 heteroatoms. The Morgan fingerprint density at radius 3 is 2.59 bits per heavy atom. The second-order valence-electron chi connectivity index (χ2n) is 8.39. The zero-order chi connectivity index (χ0) is 20.4. The van der Waals surface area contributed by atoms with E-state index in [1.54, 1.807) is 6.33 Å². The zero-order valence-electron chi connectivity index (χ0n) is 17.1. The van der Waals surface area contributed by atoms with Crippen LogP contribution in [0.5, 0.6) is 0 Å². The van der Waals surface area contributed by atoms with Gasteiger partial charge < -0.3 is 10.2 Å². The molecule has 0 radical (unpaired) electrons. The summed E-state index contributed by atoms with van der Waals surface area (Å²) in [7, 11) is 0. The number of rotatable bonds is 4. The summed E-state index contributed by atoms with van der Waals surface area (Å²) in [6, 6.07) is 12.8. The van der Waals surface area contributed by atoms with Crippen molar-refractivity contribution in [2.24, 2.45) is 0 Å². The molecule has 0 spiro atoms. The molecule has 3 heterocycles. The van der Waals surface area contributed by atoms with Crippen molar-refractivity contribution in [3.63, 3.8) is 0 Å². The van der Waals surface area contributed by atoms with E-state index in [2.05, 4.69) is 98.9 Å². The molecule has 0 amide bonds. The summed E-state index contributed by atoms with van der Waals surface area (Å²) in [5.41, 5.74) is 6.07. The van der Waals surface area contributed by atoms with Gasteiger partial charge in [-0.1, -0.05) is 61.6 Å². The van der Waals surface area contributed by atoms with E-state index in [4.69, 9.17) is 0 Å². The van der Waals surface area contributed by atoms with E-state index >= 15 is 0 Å². The van der Waals surface area contributed by atoms with Gasteiger partial charge in [0.1, 0.15) is 18.0 Å². The Labute approximate surface area is 186 Å². The van der Waals surface area contributed by atoms with Crippen LogP contribution in [0.2, 0.25) is 0 Å². The van der Waals surface area contributed by atoms with E-state index in [1.807, 2.05) is 12.3 Å². The number of hydrogen-bond donors (Lipinski definition) is 1. The summed E-state index contributed by atoms with van der Waals surface area (Å²) in [5.74, 6) is 1.98. The Bertz CT molecular complexity index is 995. The fraction of sp³-hybridized carbons (Fsp3) is 0.348. The van der Waals surface area contributed by atoms with Crippen LogP contribution in [0.4, 0.5) is 17.3 Å². The van der Waals surface area contributed by atoms with Gasteiger partial charge in [0.05, 0.1) is 12.2 Å². The van der Waals surface area contributed by atoms with Crippen LogP contribution in [0.15, 0.2) is 48.9 Å². The van der Waals surface area contributed by atoms with Crippen molar-refractivity contribution in [3.8, 4) is 0 Å². The minimum Gasteiger partial charge on any atom is -0.350 e. The van der Waals surface area contributed by atoms with Crippen molar-refractivity contribution in [3.05, 3.63) is 71.3 Å². The lowest BCUT2D eigenvalue weighted by Gasteiger charge is -2.31. The van der Waals surface area contributed by atoms with Crippen LogP contribution in [-0.4, -0.2) is 21.5 Å². The quantitative estimate of drug-likeness (QED) is 0.384. The Kier molecular flexibility index (Phi) is 5.72. The van der Waals surface area contributed by atoms with Crippen LogP contribution in [0.25, 0.3) is 0 Å². The van der Waals surface area contributed by atoms with Gasteiger partial charge in [-0.3, -0.25) is 0 Å². The van der Waals surface area contributed by atoms with Crippen LogP contribution < -0.4 is 10.2 Å². The average molecular weight is 499 g/mol. The van der Waals surface area contributed by atoms with Crippen LogP contribution >= 0.6 is 22.6 Å². The Morgan fingerprint density at radius 1 is 1.07 bits per heavy atom. The summed E-state index contributed by atoms with van der Waals surface area (Å²) >= 11 is 2.40. The van der Waals surface area contributed by atoms with Crippen molar-refractivity contribution >= 4 is 39.9 Å². The zero-order valence-corrected chi connectivity index (χ0v) is 19.3. The summed E-state index contributed by atoms with van der Waals surface area (Å²) in [6.07, 6.45) is 4.43. The monoisotopic (exact) mass is 499 g/mol. The van der Waals surface area contributed by atoms with E-state index in [1.165, 1.54) is 16.7 Å². The first-order valence-electron chi connectivity index (χ1n) is 9.91. The normalized spacial score (nSPS) is 13.9. The predicted octanol–water partition coefficient (Wildman–Crippen LogP) is 5.41. The third-order valence-corrected chi connectivity index (χ3v) is 6.15. The summed E-state index contributed by atoms with van der Waals surface area (Å²) in [4.78, 5) is 16.1. The van der Waals surface area contributed by atoms with Crippen LogP contribution in [0.3, 0.4) is 0 Å². The molecule has 0 atom stereocenters. The highest BCUT2D eigenvalue weighted by atomic mass is 127. The van der Waals surface area contributed by atoms with Crippen LogP contribution in [0.1, 0.15) is 43.2 Å². The lowest BCUT2D eigenvalue weighted by Crippen LogP contribution is -2.33. The molecule has 0 bridgehead atoms. The van der Waals surface area contributed by atoms with E-state index in [-0.39, 0.29) is 5.41 Å². The number of halogens is 1. The number of aromatic nitrogens is 3. The van der Waals surface area contributed by atoms with E-state index < -0.39 is 0 Å². The Morgan fingerprint density at radius 2 is 1.86 bits per heavy atom. The maximum Gasteiger partial charge on any atom is 0.137 e. The minimum absolute atomic E-state index is 0.151. The highest BCUT2D eigenvalue weighted by Crippen LogP contribution is 2.30. The van der Waals surface area contributed by atoms with E-state index in [0.717, 1.165) is 47.0 Å². The topological polar surface area (TPSA) is 53.9 Å². The maximum atomic E-state index is 4.63. The van der Waals surface area contributed by atoms with Gasteiger partial charge in [0.25, 0.3) is 0 Å². The van der Waals surface area contributed by atoms with Gasteiger partial charge in [-0.15, -0.1) is 0 Å². The number of pyridine rings is 1. The van der Waals surface area contributed by atoms with Crippen molar-refractivity contribution in [2.45, 2.75) is 43.6 Å². The van der Waals surface area contributed by atoms with Crippen molar-refractivity contribution in [1.82, 2.24) is 15.0 Å². The first-order chi connectivity index (χ1) is 14.0. The summed E-state index contributed by atoms with van der Waals surface area (Å²) < 4.78 is 0.950. The number of alkyl halides is 1. The number of nitrogens with zero attached hydrogens (tertiary/aromatic N) is 4. The highest BCUT2D eigenvalue weighted by Gasteiger charge is 2.23. The lowest BCUT2D eigenvalue weighted by atomic mass is 9.87. The number of hydrogen-bond acceptors (Lipinski definition) is 5. The second-order valence-corrected chi connectivity index (χ2v) is 9.15. The van der Waals surface area contributed by atoms with Gasteiger partial charge in [-0.2, -0.15) is 0 Å². The van der Waals surface area contributed by atoms with Gasteiger partial charge in [0.2, 0.25) is 0 Å². The van der Waals surface area contributed by atoms with Gasteiger partial charge in [0, 0.05) is 34.0 Å². The van der Waals surface area contributed by atoms with Crippen molar-refractivity contribution in [1.29, 1.82) is 0 Å². The van der Waals surface area contributed by atoms with Crippen LogP contribution in [0, 0.1) is 0 Å². The van der Waals surface area contributed by atoms with E-state index in [9.17, 15) is 0 Å². The number of benzene rings is 1. The Balaban J connectivity index is 1.56. The number of anilines is 3. The fourth-order valence-electron chi connectivity index (χ4n) is 3.65. The summed E-state index contributed by atoms with van der Waals surface area (Å²) in [5, 5.41) is 3.50. The third kappa shape index (κ3) is 4.37. The molecule has 150 valence electrons. The van der Waals surface area contributed by atoms with Crippen molar-refractivity contribution < 1.29 is 0 Å². The molecular formula is C23H26IN5. The first kappa shape index (κ1) is 20.1. The molecule has 5 nitrogen and oxygen atoms in total. The third-order valence-electron chi connectivity index (χ3n) is 5.33. The molecule has 0 fully saturated rings. The van der Waals surface area contributed by atoms with Gasteiger partial charge in [0.15, 0.2) is 0 Å². The SMILES string of the molecule is CC(C)(C)c1ccc(Nc2ncnc3c2CCN(c2ncccc2CI)C3)cc1. The minimum atomic E-state index is 0.151. The van der Waals surface area contributed by atoms with Gasteiger partial charge in [-0.25, -0.2) is 15.0 Å². The standard InChI is InChI=1S/C23H26IN5/c1-23(2,3)17-6-8-18(9-7-17)28-21-19-10-12-29(14-20(19)26-15-27-21)22-16(13-24)5-4-11-25-22/h4-9,11,15H,10,12-14H2,1-3H3,(H,26,27,28). The number of nitrogens with one attached hydrogen (secondary N) is 1. The fourth-order valence-corrected chi connectivity index (χ4v) is 4.25. The highest BCUT2D eigenvalue weighted by molar-refractivity contribution is 14.1.